The van der Waals surface area contributed by atoms with E-state index >= 15 is 0 Å². The average molecular weight is 448 g/mol. The first-order valence-corrected chi connectivity index (χ1v) is 10.1. The molecule has 0 saturated carbocycles. The van der Waals surface area contributed by atoms with Crippen molar-refractivity contribution in [2.75, 3.05) is 7.11 Å². The summed E-state index contributed by atoms with van der Waals surface area (Å²) in [5.41, 5.74) is 1.28. The normalized spacial score (nSPS) is 16.1. The molecule has 1 fully saturated rings. The minimum Gasteiger partial charge on any atom is -0.493 e. The monoisotopic (exact) mass is 447 g/mol. The highest BCUT2D eigenvalue weighted by Crippen LogP contribution is 2.36. The van der Waals surface area contributed by atoms with Gasteiger partial charge in [-0.25, -0.2) is 4.79 Å². The van der Waals surface area contributed by atoms with E-state index in [9.17, 15) is 14.4 Å². The Balaban J connectivity index is 1.81. The Hall–Kier alpha value is -2.97. The van der Waals surface area contributed by atoms with Crippen molar-refractivity contribution in [3.05, 3.63) is 63.5 Å². The molecular formula is C21H18ClNO6S. The quantitative estimate of drug-likeness (QED) is 0.627. The molecule has 1 aliphatic heterocycles. The lowest BCUT2D eigenvalue weighted by Gasteiger charge is -2.14. The molecule has 1 aliphatic rings. The number of rotatable bonds is 7. The van der Waals surface area contributed by atoms with Crippen LogP contribution in [-0.2, 0) is 16.1 Å². The lowest BCUT2D eigenvalue weighted by Crippen LogP contribution is -2.27. The number of carboxylic acid groups (broad SMARTS) is 1. The third-order valence-electron chi connectivity index (χ3n) is 4.30. The Morgan fingerprint density at radius 1 is 1.23 bits per heavy atom. The summed E-state index contributed by atoms with van der Waals surface area (Å²) in [5.74, 6) is -0.944. The number of methoxy groups -OCH3 is 1. The number of carbonyl (C=O) groups is 3. The van der Waals surface area contributed by atoms with E-state index in [1.807, 2.05) is 0 Å². The Morgan fingerprint density at radius 3 is 2.63 bits per heavy atom. The smallest absolute Gasteiger partial charge is 0.344 e. The summed E-state index contributed by atoms with van der Waals surface area (Å²) in [6.07, 6.45) is 0.524. The Morgan fingerprint density at radius 2 is 1.97 bits per heavy atom. The van der Waals surface area contributed by atoms with E-state index in [1.165, 1.54) is 14.0 Å². The number of nitrogens with zero attached hydrogens (tertiary/aromatic N) is 1. The number of hydrogen-bond acceptors (Lipinski definition) is 6. The van der Waals surface area contributed by atoms with Gasteiger partial charge in [0.15, 0.2) is 17.6 Å². The number of hydrogen-bond donors (Lipinski definition) is 1. The van der Waals surface area contributed by atoms with Gasteiger partial charge in [0.05, 0.1) is 18.6 Å². The predicted molar refractivity (Wildman–Crippen MR) is 114 cm³/mol. The fourth-order valence-electron chi connectivity index (χ4n) is 2.70. The van der Waals surface area contributed by atoms with Crippen LogP contribution < -0.4 is 9.47 Å². The highest BCUT2D eigenvalue weighted by Gasteiger charge is 2.35. The summed E-state index contributed by atoms with van der Waals surface area (Å²) in [7, 11) is 1.43. The van der Waals surface area contributed by atoms with Crippen molar-refractivity contribution >= 4 is 46.6 Å². The van der Waals surface area contributed by atoms with Gasteiger partial charge >= 0.3 is 5.97 Å². The molecule has 7 nitrogen and oxygen atoms in total. The number of imide groups is 1. The van der Waals surface area contributed by atoms with Crippen LogP contribution in [0.25, 0.3) is 6.08 Å². The van der Waals surface area contributed by atoms with Crippen molar-refractivity contribution in [2.24, 2.45) is 0 Å². The molecule has 3 rings (SSSR count). The second-order valence-electron chi connectivity index (χ2n) is 6.37. The van der Waals surface area contributed by atoms with Gasteiger partial charge in [0.2, 0.25) is 0 Å². The molecule has 1 N–H and O–H groups in total. The van der Waals surface area contributed by atoms with Gasteiger partial charge in [-0.05, 0) is 54.1 Å². The molecule has 2 aromatic rings. The number of aliphatic carboxylic acids is 1. The highest BCUT2D eigenvalue weighted by atomic mass is 35.5. The summed E-state index contributed by atoms with van der Waals surface area (Å²) in [6, 6.07) is 11.8. The van der Waals surface area contributed by atoms with Gasteiger partial charge in [-0.15, -0.1) is 0 Å². The minimum atomic E-state index is -1.10. The molecule has 2 amide bonds. The third-order valence-corrected chi connectivity index (χ3v) is 5.57. The molecule has 30 heavy (non-hydrogen) atoms. The summed E-state index contributed by atoms with van der Waals surface area (Å²) in [4.78, 5) is 37.5. The zero-order valence-corrected chi connectivity index (χ0v) is 17.7. The maximum atomic E-state index is 12.7. The van der Waals surface area contributed by atoms with E-state index in [0.717, 1.165) is 16.7 Å². The standard InChI is InChI=1S/C21H18ClNO6S/c1-12(20(25)26)29-16-8-7-13(9-17(16)28-2)10-18-19(24)23(21(27)30-18)11-14-5-3-4-6-15(14)22/h3-10,12H,11H2,1-2H3,(H,25,26)/b18-10+. The van der Waals surface area contributed by atoms with E-state index in [4.69, 9.17) is 26.2 Å². The van der Waals surface area contributed by atoms with Crippen LogP contribution in [0, 0.1) is 0 Å². The first-order chi connectivity index (χ1) is 14.3. The van der Waals surface area contributed by atoms with E-state index in [-0.39, 0.29) is 22.4 Å². The number of thioether (sulfide) groups is 1. The zero-order chi connectivity index (χ0) is 21.8. The van der Waals surface area contributed by atoms with Crippen LogP contribution >= 0.6 is 23.4 Å². The fourth-order valence-corrected chi connectivity index (χ4v) is 3.73. The highest BCUT2D eigenvalue weighted by molar-refractivity contribution is 8.18. The minimum absolute atomic E-state index is 0.0882. The third kappa shape index (κ3) is 4.77. The molecule has 1 atom stereocenters. The maximum absolute atomic E-state index is 12.7. The molecular weight excluding hydrogens is 430 g/mol. The molecule has 156 valence electrons. The SMILES string of the molecule is COc1cc(/C=C2/SC(=O)N(Cc3ccccc3Cl)C2=O)ccc1OC(C)C(=O)O. The van der Waals surface area contributed by atoms with Crippen LogP contribution in [0.2, 0.25) is 5.02 Å². The van der Waals surface area contributed by atoms with Crippen molar-refractivity contribution in [1.82, 2.24) is 4.90 Å². The molecule has 9 heteroatoms. The first kappa shape index (κ1) is 21.7. The van der Waals surface area contributed by atoms with Crippen molar-refractivity contribution in [3.8, 4) is 11.5 Å². The summed E-state index contributed by atoms with van der Waals surface area (Å²) in [5, 5.41) is 9.09. The summed E-state index contributed by atoms with van der Waals surface area (Å²) < 4.78 is 10.6. The summed E-state index contributed by atoms with van der Waals surface area (Å²) >= 11 is 6.97. The predicted octanol–water partition coefficient (Wildman–Crippen LogP) is 4.44. The number of ether oxygens (including phenoxy) is 2. The molecule has 0 bridgehead atoms. The molecule has 1 heterocycles. The van der Waals surface area contributed by atoms with E-state index < -0.39 is 18.0 Å². The topological polar surface area (TPSA) is 93.1 Å². The van der Waals surface area contributed by atoms with Gasteiger partial charge in [-0.2, -0.15) is 0 Å². The zero-order valence-electron chi connectivity index (χ0n) is 16.1. The van der Waals surface area contributed by atoms with Crippen molar-refractivity contribution < 1.29 is 29.0 Å². The van der Waals surface area contributed by atoms with Crippen LogP contribution in [0.5, 0.6) is 11.5 Å². The second kappa shape index (κ2) is 9.23. The Kier molecular flexibility index (Phi) is 6.69. The molecule has 0 spiro atoms. The molecule has 0 aromatic heterocycles. The van der Waals surface area contributed by atoms with Gasteiger partial charge in [0.1, 0.15) is 0 Å². The van der Waals surface area contributed by atoms with E-state index in [2.05, 4.69) is 0 Å². The summed E-state index contributed by atoms with van der Waals surface area (Å²) in [6.45, 7) is 1.50. The van der Waals surface area contributed by atoms with Crippen LogP contribution in [-0.4, -0.2) is 40.3 Å². The number of benzene rings is 2. The van der Waals surface area contributed by atoms with Gasteiger partial charge < -0.3 is 14.6 Å². The van der Waals surface area contributed by atoms with Crippen LogP contribution in [0.1, 0.15) is 18.1 Å². The van der Waals surface area contributed by atoms with Crippen molar-refractivity contribution in [3.63, 3.8) is 0 Å². The molecule has 0 radical (unpaired) electrons. The van der Waals surface area contributed by atoms with Gasteiger partial charge in [-0.3, -0.25) is 14.5 Å². The molecule has 2 aromatic carbocycles. The molecule has 1 unspecified atom stereocenters. The van der Waals surface area contributed by atoms with E-state index in [0.29, 0.717) is 21.9 Å². The average Bonchev–Trinajstić information content (AvgIpc) is 2.97. The number of carbonyl (C=O) groups excluding carboxylic acids is 2. The van der Waals surface area contributed by atoms with Gasteiger partial charge in [0.25, 0.3) is 11.1 Å². The van der Waals surface area contributed by atoms with Gasteiger partial charge in [0, 0.05) is 5.02 Å². The molecule has 1 saturated heterocycles. The van der Waals surface area contributed by atoms with E-state index in [1.54, 1.807) is 48.5 Å². The van der Waals surface area contributed by atoms with Crippen molar-refractivity contribution in [2.45, 2.75) is 19.6 Å². The van der Waals surface area contributed by atoms with Gasteiger partial charge in [-0.1, -0.05) is 35.9 Å². The Bertz CT molecular complexity index is 1040. The van der Waals surface area contributed by atoms with Crippen molar-refractivity contribution in [1.29, 1.82) is 0 Å². The van der Waals surface area contributed by atoms with Crippen LogP contribution in [0.4, 0.5) is 4.79 Å². The van der Waals surface area contributed by atoms with Crippen LogP contribution in [0.15, 0.2) is 47.4 Å². The number of carboxylic acids is 1. The first-order valence-electron chi connectivity index (χ1n) is 8.86. The lowest BCUT2D eigenvalue weighted by molar-refractivity contribution is -0.144. The largest absolute Gasteiger partial charge is 0.493 e. The number of halogens is 1. The Labute approximate surface area is 182 Å². The molecule has 0 aliphatic carbocycles. The maximum Gasteiger partial charge on any atom is 0.344 e. The second-order valence-corrected chi connectivity index (χ2v) is 7.77. The van der Waals surface area contributed by atoms with Crippen LogP contribution in [0.3, 0.4) is 0 Å². The lowest BCUT2D eigenvalue weighted by atomic mass is 10.1. The fraction of sp³-hybridized carbons (Fsp3) is 0.190. The number of amides is 2.